The second kappa shape index (κ2) is 7.96. The molecule has 1 heterocycles. The number of aryl methyl sites for hydroxylation is 1. The molecule has 1 atom stereocenters. The van der Waals surface area contributed by atoms with E-state index in [9.17, 15) is 19.3 Å². The van der Waals surface area contributed by atoms with E-state index in [0.717, 1.165) is 0 Å². The molecule has 0 saturated carbocycles. The van der Waals surface area contributed by atoms with Crippen molar-refractivity contribution >= 4 is 20.1 Å². The minimum absolute atomic E-state index is 0.00799. The highest BCUT2D eigenvalue weighted by Gasteiger charge is 2.29. The van der Waals surface area contributed by atoms with Gasteiger partial charge in [-0.1, -0.05) is 0 Å². The smallest absolute Gasteiger partial charge is 0.469 e. The third-order valence-corrected chi connectivity index (χ3v) is 4.56. The Balaban J connectivity index is 2.20. The van der Waals surface area contributed by atoms with Crippen LogP contribution in [0.5, 0.6) is 5.75 Å². The molecule has 1 aromatic rings. The fraction of sp³-hybridized carbons (Fsp3) is 0.400. The molecule has 11 heteroatoms. The van der Waals surface area contributed by atoms with Crippen molar-refractivity contribution in [2.24, 2.45) is 5.92 Å². The molecule has 10 nitrogen and oxygen atoms in total. The Morgan fingerprint density at radius 3 is 2.73 bits per heavy atom. The normalized spacial score (nSPS) is 17.4. The minimum Gasteiger partial charge on any atom is -0.506 e. The Morgan fingerprint density at radius 1 is 1.46 bits per heavy atom. The molecule has 0 aliphatic heterocycles. The summed E-state index contributed by atoms with van der Waals surface area (Å²) in [6.45, 7) is 1.09. The van der Waals surface area contributed by atoms with Gasteiger partial charge in [0.25, 0.3) is 0 Å². The topological polar surface area (TPSA) is 166 Å². The van der Waals surface area contributed by atoms with Crippen molar-refractivity contribution in [3.63, 3.8) is 0 Å². The van der Waals surface area contributed by atoms with E-state index in [-0.39, 0.29) is 30.7 Å². The second-order valence-electron chi connectivity index (χ2n) is 5.88. The summed E-state index contributed by atoms with van der Waals surface area (Å²) < 4.78 is 15.3. The number of hydrogen-bond donors (Lipinski definition) is 5. The average molecular weight is 386 g/mol. The second-order valence-corrected chi connectivity index (χ2v) is 7.12. The molecule has 1 aromatic heterocycles. The number of phosphoric ester groups is 1. The summed E-state index contributed by atoms with van der Waals surface area (Å²) in [7, 11) is -4.70. The van der Waals surface area contributed by atoms with Gasteiger partial charge in [0.2, 0.25) is 0 Å². The highest BCUT2D eigenvalue weighted by atomic mass is 31.2. The number of aliphatic carboxylic acids is 1. The fourth-order valence-electron chi connectivity index (χ4n) is 2.67. The molecule has 0 saturated heterocycles. The van der Waals surface area contributed by atoms with Crippen molar-refractivity contribution in [1.29, 1.82) is 0 Å². The third kappa shape index (κ3) is 4.89. The van der Waals surface area contributed by atoms with Gasteiger partial charge in [0, 0.05) is 41.6 Å². The lowest BCUT2D eigenvalue weighted by atomic mass is 10.1. The number of aromatic hydroxyl groups is 1. The van der Waals surface area contributed by atoms with Gasteiger partial charge in [0.05, 0.1) is 18.2 Å². The Morgan fingerprint density at radius 2 is 2.15 bits per heavy atom. The predicted octanol–water partition coefficient (Wildman–Crippen LogP) is 0.742. The summed E-state index contributed by atoms with van der Waals surface area (Å²) >= 11 is 0. The van der Waals surface area contributed by atoms with E-state index in [1.807, 2.05) is 0 Å². The van der Waals surface area contributed by atoms with Crippen molar-refractivity contribution in [2.45, 2.75) is 32.9 Å². The van der Waals surface area contributed by atoms with Crippen LogP contribution in [0.2, 0.25) is 0 Å². The third-order valence-electron chi connectivity index (χ3n) is 4.09. The quantitative estimate of drug-likeness (QED) is 0.318. The summed E-state index contributed by atoms with van der Waals surface area (Å²) in [5, 5.41) is 22.2. The molecular weight excluding hydrogens is 367 g/mol. The van der Waals surface area contributed by atoms with E-state index < -0.39 is 26.3 Å². The van der Waals surface area contributed by atoms with Crippen molar-refractivity contribution < 1.29 is 38.7 Å². The van der Waals surface area contributed by atoms with Crippen molar-refractivity contribution in [3.8, 4) is 5.75 Å². The van der Waals surface area contributed by atoms with Crippen LogP contribution in [0.25, 0.3) is 0 Å². The summed E-state index contributed by atoms with van der Waals surface area (Å²) in [5.74, 6) is -1.87. The first kappa shape index (κ1) is 20.1. The first-order chi connectivity index (χ1) is 12.1. The minimum atomic E-state index is -4.70. The summed E-state index contributed by atoms with van der Waals surface area (Å²) in [5.41, 5.74) is 1.66. The van der Waals surface area contributed by atoms with E-state index in [2.05, 4.69) is 14.8 Å². The van der Waals surface area contributed by atoms with Crippen LogP contribution in [-0.2, 0) is 31.8 Å². The van der Waals surface area contributed by atoms with Crippen LogP contribution in [0.15, 0.2) is 17.5 Å². The van der Waals surface area contributed by atoms with Crippen LogP contribution in [-0.4, -0.2) is 37.2 Å². The van der Waals surface area contributed by atoms with Crippen LogP contribution < -0.4 is 5.32 Å². The van der Waals surface area contributed by atoms with Crippen LogP contribution in [0.1, 0.15) is 29.7 Å². The monoisotopic (exact) mass is 386 g/mol. The van der Waals surface area contributed by atoms with E-state index in [4.69, 9.17) is 14.9 Å². The zero-order valence-electron chi connectivity index (χ0n) is 13.9. The number of nitrogens with zero attached hydrogens (tertiary/aromatic N) is 1. The molecule has 0 amide bonds. The maximum atomic E-state index is 11.1. The van der Waals surface area contributed by atoms with Crippen LogP contribution in [0.4, 0.5) is 0 Å². The van der Waals surface area contributed by atoms with Crippen molar-refractivity contribution in [1.82, 2.24) is 10.3 Å². The number of carboxylic acids is 1. The number of hydrogen-bond acceptors (Lipinski definition) is 7. The number of phosphoric acid groups is 1. The van der Waals surface area contributed by atoms with Gasteiger partial charge in [-0.25, -0.2) is 4.57 Å². The lowest BCUT2D eigenvalue weighted by molar-refractivity contribution is -0.141. The average Bonchev–Trinajstić information content (AvgIpc) is 2.97. The van der Waals surface area contributed by atoms with Crippen molar-refractivity contribution in [3.05, 3.63) is 34.3 Å². The first-order valence-electron chi connectivity index (χ1n) is 7.62. The van der Waals surface area contributed by atoms with Crippen LogP contribution in [0, 0.1) is 12.8 Å². The molecule has 1 aliphatic rings. The molecule has 0 radical (unpaired) electrons. The number of pyridine rings is 1. The van der Waals surface area contributed by atoms with Crippen LogP contribution in [0.3, 0.4) is 0 Å². The largest absolute Gasteiger partial charge is 0.506 e. The predicted molar refractivity (Wildman–Crippen MR) is 87.8 cm³/mol. The molecule has 0 unspecified atom stereocenters. The lowest BCUT2D eigenvalue weighted by Gasteiger charge is -2.16. The standard InChI is InChI=1S/C15H19N2O8P/c1-8-14(19)12(11(4-16-8)7-25-26(22,23)24)5-17-13-3-9(15(20)21)2-10(13)6-18/h4,6,9,17,19H,2-3,5,7H2,1H3,(H,20,21)(H2,22,23,24)/t9-/m0/s1. The summed E-state index contributed by atoms with van der Waals surface area (Å²) in [4.78, 5) is 43.8. The number of aldehydes is 1. The van der Waals surface area contributed by atoms with Gasteiger partial charge in [-0.3, -0.25) is 19.1 Å². The van der Waals surface area contributed by atoms with E-state index in [0.29, 0.717) is 28.8 Å². The highest BCUT2D eigenvalue weighted by Crippen LogP contribution is 2.38. The molecule has 0 bridgehead atoms. The number of rotatable bonds is 8. The van der Waals surface area contributed by atoms with Crippen LogP contribution >= 0.6 is 7.82 Å². The summed E-state index contributed by atoms with van der Waals surface area (Å²) in [6.07, 6.45) is 2.20. The lowest BCUT2D eigenvalue weighted by Crippen LogP contribution is -2.17. The Kier molecular flexibility index (Phi) is 6.14. The molecule has 5 N–H and O–H groups in total. The zero-order chi connectivity index (χ0) is 19.5. The number of carbonyl (C=O) groups is 2. The van der Waals surface area contributed by atoms with Gasteiger partial charge < -0.3 is 25.3 Å². The number of carbonyl (C=O) groups excluding carboxylic acids is 1. The van der Waals surface area contributed by atoms with E-state index in [1.165, 1.54) is 6.20 Å². The zero-order valence-corrected chi connectivity index (χ0v) is 14.8. The molecule has 0 fully saturated rings. The number of carboxylic acid groups (broad SMARTS) is 1. The maximum absolute atomic E-state index is 11.1. The number of allylic oxidation sites excluding steroid dienone is 2. The molecule has 0 spiro atoms. The Labute approximate surface area is 148 Å². The van der Waals surface area contributed by atoms with Gasteiger partial charge >= 0.3 is 13.8 Å². The van der Waals surface area contributed by atoms with Gasteiger partial charge in [-0.2, -0.15) is 0 Å². The van der Waals surface area contributed by atoms with Gasteiger partial charge in [0.15, 0.2) is 0 Å². The fourth-order valence-corrected chi connectivity index (χ4v) is 2.98. The molecule has 142 valence electrons. The first-order valence-corrected chi connectivity index (χ1v) is 9.15. The molecule has 26 heavy (non-hydrogen) atoms. The Bertz CT molecular complexity index is 801. The Hall–Kier alpha value is -2.26. The molecular formula is C15H19N2O8P. The number of nitrogens with one attached hydrogen (secondary N) is 1. The molecule has 0 aromatic carbocycles. The maximum Gasteiger partial charge on any atom is 0.469 e. The van der Waals surface area contributed by atoms with Gasteiger partial charge in [-0.05, 0) is 13.3 Å². The summed E-state index contributed by atoms with van der Waals surface area (Å²) in [6, 6.07) is 0. The van der Waals surface area contributed by atoms with Gasteiger partial charge in [0.1, 0.15) is 12.0 Å². The SMILES string of the molecule is Cc1ncc(COP(=O)(O)O)c(CNC2=C(C=O)C[C@H](C(=O)O)C2)c1O. The number of aromatic nitrogens is 1. The highest BCUT2D eigenvalue weighted by molar-refractivity contribution is 7.46. The van der Waals surface area contributed by atoms with Crippen molar-refractivity contribution in [2.75, 3.05) is 0 Å². The van der Waals surface area contributed by atoms with E-state index >= 15 is 0 Å². The van der Waals surface area contributed by atoms with E-state index in [1.54, 1.807) is 6.92 Å². The molecule has 1 aliphatic carbocycles. The van der Waals surface area contributed by atoms with Gasteiger partial charge in [-0.15, -0.1) is 0 Å². The molecule has 2 rings (SSSR count).